The van der Waals surface area contributed by atoms with Crippen LogP contribution in [0.4, 0.5) is 0 Å². The van der Waals surface area contributed by atoms with Crippen LogP contribution in [0.2, 0.25) is 0 Å². The van der Waals surface area contributed by atoms with Gasteiger partial charge in [0, 0.05) is 7.11 Å². The van der Waals surface area contributed by atoms with E-state index >= 15 is 0 Å². The van der Waals surface area contributed by atoms with Gasteiger partial charge in [-0.15, -0.1) is 0 Å². The number of unbranched alkanes of at least 4 members (excludes halogenated alkanes) is 1. The molecule has 0 unspecified atom stereocenters. The van der Waals surface area contributed by atoms with Gasteiger partial charge in [-0.05, 0) is 39.0 Å². The second-order valence-corrected chi connectivity index (χ2v) is 6.32. The molecule has 0 aromatic heterocycles. The Kier molecular flexibility index (Phi) is 11.7. The Hall–Kier alpha value is -0.990. The number of allylic oxidation sites excluding steroid dienone is 1. The Morgan fingerprint density at radius 2 is 2.16 bits per heavy atom. The van der Waals surface area contributed by atoms with Gasteiger partial charge < -0.3 is 29.2 Å². The van der Waals surface area contributed by atoms with E-state index in [1.165, 1.54) is 0 Å². The molecule has 4 atom stereocenters. The van der Waals surface area contributed by atoms with E-state index in [0.29, 0.717) is 13.2 Å². The van der Waals surface area contributed by atoms with Gasteiger partial charge in [0.1, 0.15) is 6.79 Å². The van der Waals surface area contributed by atoms with Gasteiger partial charge in [-0.3, -0.25) is 4.79 Å². The predicted octanol–water partition coefficient (Wildman–Crippen LogP) is 2.12. The number of hydrogen-bond donors (Lipinski definition) is 2. The minimum Gasteiger partial charge on any atom is -0.481 e. The van der Waals surface area contributed by atoms with Crippen molar-refractivity contribution in [1.29, 1.82) is 0 Å². The largest absolute Gasteiger partial charge is 0.481 e. The second kappa shape index (κ2) is 13.2. The Bertz CT molecular complexity index is 384. The zero-order valence-corrected chi connectivity index (χ0v) is 15.3. The third kappa shape index (κ3) is 10.6. The van der Waals surface area contributed by atoms with E-state index in [0.717, 1.165) is 32.1 Å². The maximum absolute atomic E-state index is 11.1. The van der Waals surface area contributed by atoms with Crippen molar-refractivity contribution in [3.63, 3.8) is 0 Å². The summed E-state index contributed by atoms with van der Waals surface area (Å²) in [5, 5.41) is 18.3. The van der Waals surface area contributed by atoms with Crippen molar-refractivity contribution in [2.45, 2.75) is 69.9 Å². The molecule has 1 rings (SSSR count). The fraction of sp³-hybridized carbons (Fsp3) is 0.833. The lowest BCUT2D eigenvalue weighted by Gasteiger charge is -2.34. The van der Waals surface area contributed by atoms with E-state index in [-0.39, 0.29) is 31.5 Å². The van der Waals surface area contributed by atoms with Crippen LogP contribution >= 0.6 is 0 Å². The minimum absolute atomic E-state index is 0.0882. The smallest absolute Gasteiger partial charge is 0.306 e. The Labute approximate surface area is 149 Å². The van der Waals surface area contributed by atoms with E-state index in [2.05, 4.69) is 0 Å². The molecule has 1 saturated heterocycles. The number of aliphatic carboxylic acids is 1. The van der Waals surface area contributed by atoms with Gasteiger partial charge in [0.05, 0.1) is 44.1 Å². The Morgan fingerprint density at radius 1 is 1.36 bits per heavy atom. The average Bonchev–Trinajstić information content (AvgIpc) is 2.55. The Morgan fingerprint density at radius 3 is 2.84 bits per heavy atom. The molecule has 1 aliphatic rings. The zero-order chi connectivity index (χ0) is 18.5. The highest BCUT2D eigenvalue weighted by Gasteiger charge is 2.32. The number of carboxylic acids is 1. The molecule has 7 nitrogen and oxygen atoms in total. The van der Waals surface area contributed by atoms with Gasteiger partial charge in [-0.2, -0.15) is 0 Å². The monoisotopic (exact) mass is 360 g/mol. The van der Waals surface area contributed by atoms with Crippen molar-refractivity contribution in [2.24, 2.45) is 0 Å². The maximum atomic E-state index is 11.1. The standard InChI is InChI=1S/C18H32O7/c1-14(19)6-4-3-5-7-15-8-9-16(17(25-15)12-18(20)21)24-13-23-11-10-22-2/h5,7,14-17,19H,3-4,6,8-13H2,1-2H3,(H,20,21)/b7-5+/t14-,15-,16-,17-/m1/s1. The van der Waals surface area contributed by atoms with E-state index in [9.17, 15) is 9.90 Å². The lowest BCUT2D eigenvalue weighted by Crippen LogP contribution is -2.41. The molecular formula is C18H32O7. The molecule has 0 radical (unpaired) electrons. The molecule has 1 aliphatic heterocycles. The van der Waals surface area contributed by atoms with Crippen LogP contribution < -0.4 is 0 Å². The van der Waals surface area contributed by atoms with Gasteiger partial charge in [-0.1, -0.05) is 12.2 Å². The molecule has 0 aliphatic carbocycles. The summed E-state index contributed by atoms with van der Waals surface area (Å²) in [6.45, 7) is 2.81. The summed E-state index contributed by atoms with van der Waals surface area (Å²) in [6, 6.07) is 0. The van der Waals surface area contributed by atoms with Crippen LogP contribution in [-0.4, -0.2) is 67.7 Å². The summed E-state index contributed by atoms with van der Waals surface area (Å²) in [4.78, 5) is 11.1. The summed E-state index contributed by atoms with van der Waals surface area (Å²) in [5.41, 5.74) is 0. The molecule has 1 fully saturated rings. The lowest BCUT2D eigenvalue weighted by atomic mass is 9.98. The number of hydrogen-bond acceptors (Lipinski definition) is 6. The van der Waals surface area contributed by atoms with Crippen molar-refractivity contribution in [1.82, 2.24) is 0 Å². The molecule has 0 amide bonds. The lowest BCUT2D eigenvalue weighted by molar-refractivity contribution is -0.179. The zero-order valence-electron chi connectivity index (χ0n) is 15.3. The quantitative estimate of drug-likeness (QED) is 0.295. The molecule has 0 aromatic rings. The molecular weight excluding hydrogens is 328 g/mol. The fourth-order valence-corrected chi connectivity index (χ4v) is 2.69. The molecule has 0 bridgehead atoms. The van der Waals surface area contributed by atoms with Gasteiger partial charge >= 0.3 is 5.97 Å². The summed E-state index contributed by atoms with van der Waals surface area (Å²) in [7, 11) is 1.60. The number of rotatable bonds is 13. The third-order valence-electron chi connectivity index (χ3n) is 4.02. The fourth-order valence-electron chi connectivity index (χ4n) is 2.69. The summed E-state index contributed by atoms with van der Waals surface area (Å²) in [6.07, 6.45) is 6.90. The normalized spacial score (nSPS) is 25.3. The first kappa shape index (κ1) is 22.1. The average molecular weight is 360 g/mol. The second-order valence-electron chi connectivity index (χ2n) is 6.32. The summed E-state index contributed by atoms with van der Waals surface area (Å²) in [5.74, 6) is -0.902. The maximum Gasteiger partial charge on any atom is 0.306 e. The van der Waals surface area contributed by atoms with E-state index in [4.69, 9.17) is 24.1 Å². The van der Waals surface area contributed by atoms with Gasteiger partial charge in [0.15, 0.2) is 0 Å². The van der Waals surface area contributed by atoms with Crippen molar-refractivity contribution < 1.29 is 34.0 Å². The highest BCUT2D eigenvalue weighted by molar-refractivity contribution is 5.67. The van der Waals surface area contributed by atoms with Gasteiger partial charge in [0.25, 0.3) is 0 Å². The van der Waals surface area contributed by atoms with Crippen LogP contribution in [0, 0.1) is 0 Å². The number of ether oxygens (including phenoxy) is 4. The van der Waals surface area contributed by atoms with Crippen LogP contribution in [0.25, 0.3) is 0 Å². The van der Waals surface area contributed by atoms with Gasteiger partial charge in [0.2, 0.25) is 0 Å². The highest BCUT2D eigenvalue weighted by Crippen LogP contribution is 2.25. The molecule has 0 aromatic carbocycles. The van der Waals surface area contributed by atoms with Crippen LogP contribution in [0.15, 0.2) is 12.2 Å². The molecule has 7 heteroatoms. The van der Waals surface area contributed by atoms with Crippen molar-refractivity contribution in [3.8, 4) is 0 Å². The molecule has 25 heavy (non-hydrogen) atoms. The van der Waals surface area contributed by atoms with Crippen LogP contribution in [-0.2, 0) is 23.7 Å². The highest BCUT2D eigenvalue weighted by atomic mass is 16.7. The number of carboxylic acid groups (broad SMARTS) is 1. The van der Waals surface area contributed by atoms with E-state index in [1.807, 2.05) is 12.2 Å². The minimum atomic E-state index is -0.902. The predicted molar refractivity (Wildman–Crippen MR) is 92.4 cm³/mol. The molecule has 0 saturated carbocycles. The van der Waals surface area contributed by atoms with Crippen molar-refractivity contribution >= 4 is 5.97 Å². The van der Waals surface area contributed by atoms with E-state index in [1.54, 1.807) is 14.0 Å². The Balaban J connectivity index is 2.37. The SMILES string of the molecule is COCCOCO[C@@H]1CC[C@@H](/C=C/CCC[C@@H](C)O)O[C@@H]1CC(=O)O. The van der Waals surface area contributed by atoms with Crippen LogP contribution in [0.5, 0.6) is 0 Å². The molecule has 146 valence electrons. The summed E-state index contributed by atoms with van der Waals surface area (Å²) < 4.78 is 21.7. The van der Waals surface area contributed by atoms with Gasteiger partial charge in [-0.25, -0.2) is 0 Å². The van der Waals surface area contributed by atoms with Crippen molar-refractivity contribution in [2.75, 3.05) is 27.1 Å². The van der Waals surface area contributed by atoms with Crippen LogP contribution in [0.1, 0.15) is 45.4 Å². The number of aliphatic hydroxyl groups excluding tert-OH is 1. The first-order chi connectivity index (χ1) is 12.0. The first-order valence-electron chi connectivity index (χ1n) is 8.93. The molecule has 1 heterocycles. The molecule has 2 N–H and O–H groups in total. The van der Waals surface area contributed by atoms with Crippen molar-refractivity contribution in [3.05, 3.63) is 12.2 Å². The number of carbonyl (C=O) groups is 1. The molecule has 0 spiro atoms. The number of aliphatic hydroxyl groups is 1. The summed E-state index contributed by atoms with van der Waals surface area (Å²) >= 11 is 0. The van der Waals surface area contributed by atoms with E-state index < -0.39 is 12.1 Å². The first-order valence-corrected chi connectivity index (χ1v) is 8.93. The topological polar surface area (TPSA) is 94.5 Å². The van der Waals surface area contributed by atoms with Crippen LogP contribution in [0.3, 0.4) is 0 Å². The third-order valence-corrected chi connectivity index (χ3v) is 4.02. The number of methoxy groups -OCH3 is 1.